The standard InChI is InChI=1S/C38H42F4O8/c1-3-35(43)47-26-11-7-5-9-24-45-31-20-16-29(17-21-31)37(39,40)49-33-14-13-15-34(28-33)50-38(41,42)30-18-22-32(23-19-30)46-25-10-6-8-12-27-48-36(44)4-2/h3-4,13-23,28H,1-2,5-12,24-27H2. The summed E-state index contributed by atoms with van der Waals surface area (Å²) in [5.41, 5.74) is -0.908. The summed E-state index contributed by atoms with van der Waals surface area (Å²) >= 11 is 0. The fraction of sp³-hybridized carbons (Fsp3) is 0.368. The summed E-state index contributed by atoms with van der Waals surface area (Å²) in [6.45, 7) is 8.07. The van der Waals surface area contributed by atoms with Crippen molar-refractivity contribution in [3.8, 4) is 23.0 Å². The SMILES string of the molecule is C=CC(=O)OCCCCCCOc1ccc(C(F)(F)Oc2cccc(OC(F)(F)c3ccc(OCCCCCCOC(=O)C=C)cc3)c2)cc1. The predicted octanol–water partition coefficient (Wildman–Crippen LogP) is 9.28. The van der Waals surface area contributed by atoms with Crippen LogP contribution in [0.3, 0.4) is 0 Å². The molecule has 50 heavy (non-hydrogen) atoms. The topological polar surface area (TPSA) is 89.5 Å². The van der Waals surface area contributed by atoms with E-state index in [-0.39, 0.29) is 11.5 Å². The molecule has 0 fully saturated rings. The van der Waals surface area contributed by atoms with Crippen molar-refractivity contribution in [2.75, 3.05) is 26.4 Å². The lowest BCUT2D eigenvalue weighted by Gasteiger charge is -2.21. The molecular weight excluding hydrogens is 660 g/mol. The highest BCUT2D eigenvalue weighted by molar-refractivity contribution is 5.81. The molecule has 0 aliphatic rings. The summed E-state index contributed by atoms with van der Waals surface area (Å²) in [5, 5.41) is 0. The number of carbonyl (C=O) groups is 2. The van der Waals surface area contributed by atoms with Crippen LogP contribution in [0.1, 0.15) is 62.5 Å². The monoisotopic (exact) mass is 702 g/mol. The van der Waals surface area contributed by atoms with Gasteiger partial charge in [0.25, 0.3) is 0 Å². The number of carbonyl (C=O) groups excluding carboxylic acids is 2. The van der Waals surface area contributed by atoms with E-state index in [2.05, 4.69) is 13.2 Å². The first-order chi connectivity index (χ1) is 24.0. The molecule has 0 saturated carbocycles. The van der Waals surface area contributed by atoms with Gasteiger partial charge in [-0.05, 0) is 112 Å². The molecule has 3 aromatic carbocycles. The van der Waals surface area contributed by atoms with Crippen LogP contribution in [0.5, 0.6) is 23.0 Å². The summed E-state index contributed by atoms with van der Waals surface area (Å²) in [6, 6.07) is 14.9. The zero-order valence-corrected chi connectivity index (χ0v) is 27.8. The first-order valence-corrected chi connectivity index (χ1v) is 16.3. The third-order valence-electron chi connectivity index (χ3n) is 7.12. The number of benzene rings is 3. The summed E-state index contributed by atoms with van der Waals surface area (Å²) in [5.74, 6) is -0.847. The average molecular weight is 703 g/mol. The zero-order chi connectivity index (χ0) is 36.2. The molecular formula is C38H42F4O8. The van der Waals surface area contributed by atoms with E-state index in [1.54, 1.807) is 0 Å². The van der Waals surface area contributed by atoms with Gasteiger partial charge in [-0.1, -0.05) is 19.2 Å². The van der Waals surface area contributed by atoms with Crippen molar-refractivity contribution >= 4 is 11.9 Å². The lowest BCUT2D eigenvalue weighted by molar-refractivity contribution is -0.188. The average Bonchev–Trinajstić information content (AvgIpc) is 3.10. The van der Waals surface area contributed by atoms with Crippen LogP contribution in [-0.4, -0.2) is 38.4 Å². The summed E-state index contributed by atoms with van der Waals surface area (Å²) in [4.78, 5) is 22.0. The second-order valence-electron chi connectivity index (χ2n) is 11.0. The zero-order valence-electron chi connectivity index (χ0n) is 27.8. The quantitative estimate of drug-likeness (QED) is 0.0395. The second-order valence-corrected chi connectivity index (χ2v) is 11.0. The number of hydrogen-bond acceptors (Lipinski definition) is 8. The predicted molar refractivity (Wildman–Crippen MR) is 179 cm³/mol. The Balaban J connectivity index is 1.42. The van der Waals surface area contributed by atoms with Crippen molar-refractivity contribution < 1.29 is 55.6 Å². The van der Waals surface area contributed by atoms with E-state index >= 15 is 0 Å². The molecule has 8 nitrogen and oxygen atoms in total. The van der Waals surface area contributed by atoms with Crippen LogP contribution in [0.2, 0.25) is 0 Å². The molecule has 0 spiro atoms. The van der Waals surface area contributed by atoms with Gasteiger partial charge in [0.1, 0.15) is 23.0 Å². The number of rotatable bonds is 24. The molecule has 0 amide bonds. The van der Waals surface area contributed by atoms with Crippen molar-refractivity contribution in [3.05, 3.63) is 109 Å². The minimum atomic E-state index is -3.77. The molecule has 0 aromatic heterocycles. The number of esters is 2. The number of ether oxygens (including phenoxy) is 6. The normalized spacial score (nSPS) is 11.3. The summed E-state index contributed by atoms with van der Waals surface area (Å²) < 4.78 is 90.7. The van der Waals surface area contributed by atoms with Gasteiger partial charge in [-0.3, -0.25) is 0 Å². The Morgan fingerprint density at radius 3 is 1.24 bits per heavy atom. The van der Waals surface area contributed by atoms with E-state index in [9.17, 15) is 27.2 Å². The van der Waals surface area contributed by atoms with Crippen LogP contribution < -0.4 is 18.9 Å². The van der Waals surface area contributed by atoms with Crippen molar-refractivity contribution in [1.82, 2.24) is 0 Å². The van der Waals surface area contributed by atoms with Crippen molar-refractivity contribution in [2.24, 2.45) is 0 Å². The fourth-order valence-electron chi connectivity index (χ4n) is 4.46. The first kappa shape index (κ1) is 39.4. The molecule has 0 saturated heterocycles. The highest BCUT2D eigenvalue weighted by atomic mass is 19.3. The third-order valence-corrected chi connectivity index (χ3v) is 7.12. The Morgan fingerprint density at radius 2 is 0.880 bits per heavy atom. The molecule has 0 N–H and O–H groups in total. The lowest BCUT2D eigenvalue weighted by Crippen LogP contribution is -2.23. The minimum Gasteiger partial charge on any atom is -0.494 e. The highest BCUT2D eigenvalue weighted by Crippen LogP contribution is 2.37. The van der Waals surface area contributed by atoms with Gasteiger partial charge < -0.3 is 28.4 Å². The van der Waals surface area contributed by atoms with Gasteiger partial charge in [0.15, 0.2) is 0 Å². The van der Waals surface area contributed by atoms with Gasteiger partial charge in [0.2, 0.25) is 0 Å². The third kappa shape index (κ3) is 14.2. The Hall–Kier alpha value is -5.00. The van der Waals surface area contributed by atoms with Crippen molar-refractivity contribution in [1.29, 1.82) is 0 Å². The van der Waals surface area contributed by atoms with E-state index in [1.165, 1.54) is 42.5 Å². The summed E-state index contributed by atoms with van der Waals surface area (Å²) in [7, 11) is 0. The van der Waals surface area contributed by atoms with E-state index in [0.29, 0.717) is 50.8 Å². The molecule has 0 aliphatic heterocycles. The van der Waals surface area contributed by atoms with E-state index < -0.39 is 35.3 Å². The van der Waals surface area contributed by atoms with E-state index in [1.807, 2.05) is 0 Å². The van der Waals surface area contributed by atoms with Gasteiger partial charge >= 0.3 is 24.2 Å². The smallest absolute Gasteiger partial charge is 0.426 e. The minimum absolute atomic E-state index is 0.322. The maximum absolute atomic E-state index is 15.0. The van der Waals surface area contributed by atoms with Crippen LogP contribution in [-0.2, 0) is 31.3 Å². The second kappa shape index (κ2) is 20.5. The van der Waals surface area contributed by atoms with Crippen molar-refractivity contribution in [2.45, 2.75) is 63.6 Å². The molecule has 3 aromatic rings. The molecule has 0 aliphatic carbocycles. The first-order valence-electron chi connectivity index (χ1n) is 16.3. The Morgan fingerprint density at radius 1 is 0.520 bits per heavy atom. The Labute approximate surface area is 289 Å². The molecule has 3 rings (SSSR count). The van der Waals surface area contributed by atoms with Gasteiger partial charge in [0, 0.05) is 18.2 Å². The van der Waals surface area contributed by atoms with Crippen LogP contribution in [0.4, 0.5) is 17.6 Å². The van der Waals surface area contributed by atoms with Crippen LogP contribution in [0.25, 0.3) is 0 Å². The van der Waals surface area contributed by atoms with Gasteiger partial charge in [-0.2, -0.15) is 17.6 Å². The van der Waals surface area contributed by atoms with E-state index in [4.69, 9.17) is 28.4 Å². The number of alkyl halides is 4. The molecule has 0 radical (unpaired) electrons. The molecule has 0 bridgehead atoms. The molecule has 0 atom stereocenters. The number of hydrogen-bond donors (Lipinski definition) is 0. The van der Waals surface area contributed by atoms with Crippen LogP contribution >= 0.6 is 0 Å². The lowest BCUT2D eigenvalue weighted by atomic mass is 10.2. The van der Waals surface area contributed by atoms with Gasteiger partial charge in [-0.15, -0.1) is 0 Å². The maximum Gasteiger partial charge on any atom is 0.426 e. The largest absolute Gasteiger partial charge is 0.494 e. The number of halogens is 4. The van der Waals surface area contributed by atoms with Gasteiger partial charge in [-0.25, -0.2) is 9.59 Å². The Kier molecular flexibility index (Phi) is 16.2. The maximum atomic E-state index is 15.0. The number of unbranched alkanes of at least 4 members (excludes halogenated alkanes) is 6. The highest BCUT2D eigenvalue weighted by Gasteiger charge is 2.36. The van der Waals surface area contributed by atoms with E-state index in [0.717, 1.165) is 81.0 Å². The Bertz CT molecular complexity index is 1380. The fourth-order valence-corrected chi connectivity index (χ4v) is 4.46. The molecule has 270 valence electrons. The molecule has 0 unspecified atom stereocenters. The summed E-state index contributed by atoms with van der Waals surface area (Å²) in [6.07, 6.45) is 0.933. The van der Waals surface area contributed by atoms with Gasteiger partial charge in [0.05, 0.1) is 37.6 Å². The molecule has 0 heterocycles. The van der Waals surface area contributed by atoms with Crippen LogP contribution in [0.15, 0.2) is 98.1 Å². The molecule has 12 heteroatoms. The van der Waals surface area contributed by atoms with Crippen molar-refractivity contribution in [3.63, 3.8) is 0 Å². The van der Waals surface area contributed by atoms with Crippen LogP contribution in [0, 0.1) is 0 Å².